The molecule has 2 aromatic rings. The summed E-state index contributed by atoms with van der Waals surface area (Å²) < 4.78 is 15.6. The maximum absolute atomic E-state index is 13.9. The summed E-state index contributed by atoms with van der Waals surface area (Å²) in [6, 6.07) is 2.44. The van der Waals surface area contributed by atoms with Gasteiger partial charge in [-0.1, -0.05) is 0 Å². The van der Waals surface area contributed by atoms with E-state index in [0.29, 0.717) is 30.6 Å². The fourth-order valence-electron chi connectivity index (χ4n) is 3.00. The van der Waals surface area contributed by atoms with E-state index in [1.54, 1.807) is 15.8 Å². The summed E-state index contributed by atoms with van der Waals surface area (Å²) in [5, 5.41) is 13.4. The molecule has 1 aliphatic heterocycles. The number of carbonyl (C=O) groups excluding carboxylic acids is 1. The normalized spacial score (nSPS) is 13.7. The summed E-state index contributed by atoms with van der Waals surface area (Å²) in [6.45, 7) is 2.91. The highest BCUT2D eigenvalue weighted by atomic mass is 19.1. The van der Waals surface area contributed by atoms with E-state index < -0.39 is 11.8 Å². The molecule has 2 heterocycles. The van der Waals surface area contributed by atoms with Crippen molar-refractivity contribution >= 4 is 11.9 Å². The van der Waals surface area contributed by atoms with E-state index in [1.165, 1.54) is 12.1 Å². The van der Waals surface area contributed by atoms with E-state index in [1.807, 2.05) is 13.1 Å². The van der Waals surface area contributed by atoms with Gasteiger partial charge in [0.1, 0.15) is 5.82 Å². The largest absolute Gasteiger partial charge is 0.478 e. The molecule has 6 nitrogen and oxygen atoms in total. The highest BCUT2D eigenvalue weighted by molar-refractivity contribution is 5.90. The Morgan fingerprint density at radius 2 is 2.12 bits per heavy atom. The maximum Gasteiger partial charge on any atom is 0.336 e. The summed E-state index contributed by atoms with van der Waals surface area (Å²) in [5.74, 6) is -1.60. The lowest BCUT2D eigenvalue weighted by molar-refractivity contribution is -0.132. The van der Waals surface area contributed by atoms with Gasteiger partial charge in [-0.05, 0) is 42.2 Å². The van der Waals surface area contributed by atoms with Crippen LogP contribution in [0.5, 0.6) is 0 Å². The van der Waals surface area contributed by atoms with Crippen LogP contribution in [0.3, 0.4) is 0 Å². The molecule has 1 N–H and O–H groups in total. The van der Waals surface area contributed by atoms with Crippen molar-refractivity contribution in [1.29, 1.82) is 0 Å². The Bertz CT molecular complexity index is 800. The number of aromatic nitrogens is 2. The van der Waals surface area contributed by atoms with Gasteiger partial charge >= 0.3 is 5.97 Å². The molecule has 0 spiro atoms. The van der Waals surface area contributed by atoms with Gasteiger partial charge in [-0.15, -0.1) is 0 Å². The topological polar surface area (TPSA) is 75.4 Å². The van der Waals surface area contributed by atoms with Crippen molar-refractivity contribution in [3.63, 3.8) is 0 Å². The number of carbonyl (C=O) groups is 2. The van der Waals surface area contributed by atoms with Gasteiger partial charge in [-0.2, -0.15) is 5.10 Å². The van der Waals surface area contributed by atoms with Gasteiger partial charge in [0.2, 0.25) is 5.91 Å². The molecule has 0 saturated heterocycles. The lowest BCUT2D eigenvalue weighted by Gasteiger charge is -2.30. The number of hydrogen-bond acceptors (Lipinski definition) is 3. The van der Waals surface area contributed by atoms with E-state index in [4.69, 9.17) is 0 Å². The van der Waals surface area contributed by atoms with E-state index in [-0.39, 0.29) is 24.4 Å². The molecule has 1 aliphatic rings. The smallest absolute Gasteiger partial charge is 0.336 e. The average molecular weight is 331 g/mol. The van der Waals surface area contributed by atoms with Gasteiger partial charge in [0.25, 0.3) is 0 Å². The highest BCUT2D eigenvalue weighted by Crippen LogP contribution is 2.26. The Morgan fingerprint density at radius 1 is 1.33 bits per heavy atom. The van der Waals surface area contributed by atoms with Gasteiger partial charge in [0.05, 0.1) is 11.8 Å². The molecule has 0 radical (unpaired) electrons. The molecule has 0 bridgehead atoms. The summed E-state index contributed by atoms with van der Waals surface area (Å²) >= 11 is 0. The van der Waals surface area contributed by atoms with E-state index in [2.05, 4.69) is 5.10 Å². The second-order valence-electron chi connectivity index (χ2n) is 5.95. The lowest BCUT2D eigenvalue weighted by atomic mass is 9.94. The van der Waals surface area contributed by atoms with Crippen LogP contribution in [0.4, 0.5) is 4.39 Å². The molecular weight excluding hydrogens is 313 g/mol. The van der Waals surface area contributed by atoms with Gasteiger partial charge in [-0.3, -0.25) is 9.48 Å². The summed E-state index contributed by atoms with van der Waals surface area (Å²) in [7, 11) is 0. The van der Waals surface area contributed by atoms with Crippen molar-refractivity contribution in [1.82, 2.24) is 14.7 Å². The van der Waals surface area contributed by atoms with Crippen molar-refractivity contribution in [2.24, 2.45) is 0 Å². The number of aryl methyl sites for hydroxylation is 2. The highest BCUT2D eigenvalue weighted by Gasteiger charge is 2.26. The number of fused-ring (bicyclic) bond motifs is 1. The van der Waals surface area contributed by atoms with Crippen LogP contribution in [0.1, 0.15) is 33.5 Å². The third-order valence-corrected chi connectivity index (χ3v) is 4.25. The van der Waals surface area contributed by atoms with Crippen molar-refractivity contribution in [3.05, 3.63) is 52.6 Å². The van der Waals surface area contributed by atoms with E-state index >= 15 is 0 Å². The third-order valence-electron chi connectivity index (χ3n) is 4.25. The quantitative estimate of drug-likeness (QED) is 0.930. The molecule has 0 saturated carbocycles. The molecule has 0 atom stereocenters. The minimum Gasteiger partial charge on any atom is -0.478 e. The van der Waals surface area contributed by atoms with Gasteiger partial charge in [0.15, 0.2) is 0 Å². The fraction of sp³-hybridized carbons (Fsp3) is 0.353. The zero-order valence-electron chi connectivity index (χ0n) is 13.3. The monoisotopic (exact) mass is 331 g/mol. The predicted octanol–water partition coefficient (Wildman–Crippen LogP) is 2.00. The number of aromatic carboxylic acids is 1. The molecule has 7 heteroatoms. The molecule has 3 rings (SSSR count). The van der Waals surface area contributed by atoms with Crippen LogP contribution in [0.15, 0.2) is 24.5 Å². The van der Waals surface area contributed by atoms with E-state index in [9.17, 15) is 19.1 Å². The number of rotatable bonds is 4. The third kappa shape index (κ3) is 3.15. The molecule has 1 amide bonds. The zero-order chi connectivity index (χ0) is 17.3. The second-order valence-corrected chi connectivity index (χ2v) is 5.95. The molecule has 0 aliphatic carbocycles. The Balaban J connectivity index is 1.73. The summed E-state index contributed by atoms with van der Waals surface area (Å²) in [6.07, 6.45) is 4.18. The minimum absolute atomic E-state index is 0.0617. The molecule has 1 aromatic carbocycles. The first-order chi connectivity index (χ1) is 11.5. The van der Waals surface area contributed by atoms with Gasteiger partial charge in [-0.25, -0.2) is 9.18 Å². The van der Waals surface area contributed by atoms with Gasteiger partial charge < -0.3 is 10.0 Å². The van der Waals surface area contributed by atoms with E-state index in [0.717, 1.165) is 5.56 Å². The molecule has 0 fully saturated rings. The molecular formula is C17H18FN3O3. The predicted molar refractivity (Wildman–Crippen MR) is 84.1 cm³/mol. The fourth-order valence-corrected chi connectivity index (χ4v) is 3.00. The first kappa shape index (κ1) is 16.2. The van der Waals surface area contributed by atoms with Crippen LogP contribution in [0.25, 0.3) is 0 Å². The number of halogens is 1. The lowest BCUT2D eigenvalue weighted by Crippen LogP contribution is -2.37. The Labute approximate surface area is 138 Å². The average Bonchev–Trinajstić information content (AvgIpc) is 2.97. The van der Waals surface area contributed by atoms with Crippen molar-refractivity contribution in [3.8, 4) is 0 Å². The number of benzene rings is 1. The number of carboxylic acids is 1. The number of hydrogen-bond donors (Lipinski definition) is 1. The maximum atomic E-state index is 13.9. The Hall–Kier alpha value is -2.70. The summed E-state index contributed by atoms with van der Waals surface area (Å²) in [4.78, 5) is 25.3. The molecule has 1 aromatic heterocycles. The SMILES string of the molecule is Cc1cnn(CCC(=O)N2CCc3c(F)ccc(C(=O)O)c3C2)c1. The first-order valence-electron chi connectivity index (χ1n) is 7.76. The van der Waals surface area contributed by atoms with Crippen LogP contribution in [0, 0.1) is 12.7 Å². The zero-order valence-corrected chi connectivity index (χ0v) is 13.3. The molecule has 0 unspecified atom stereocenters. The van der Waals surface area contributed by atoms with Crippen LogP contribution in [-0.4, -0.2) is 38.2 Å². The molecule has 24 heavy (non-hydrogen) atoms. The minimum atomic E-state index is -1.10. The Kier molecular flexibility index (Phi) is 4.33. The Morgan fingerprint density at radius 3 is 2.79 bits per heavy atom. The van der Waals surface area contributed by atoms with Crippen molar-refractivity contribution < 1.29 is 19.1 Å². The van der Waals surface area contributed by atoms with Crippen LogP contribution >= 0.6 is 0 Å². The van der Waals surface area contributed by atoms with Crippen LogP contribution in [-0.2, 0) is 24.3 Å². The standard InChI is InChI=1S/C17H18FN3O3/c1-11-8-19-21(9-11)7-5-16(22)20-6-4-12-14(10-20)13(17(23)24)2-3-15(12)18/h2-3,8-9H,4-7,10H2,1H3,(H,23,24). The second kappa shape index (κ2) is 6.43. The number of nitrogens with zero attached hydrogens (tertiary/aromatic N) is 3. The molecule has 126 valence electrons. The van der Waals surface area contributed by atoms with Crippen LogP contribution in [0.2, 0.25) is 0 Å². The van der Waals surface area contributed by atoms with Crippen molar-refractivity contribution in [2.45, 2.75) is 32.9 Å². The van der Waals surface area contributed by atoms with Gasteiger partial charge in [0, 0.05) is 32.3 Å². The summed E-state index contributed by atoms with van der Waals surface area (Å²) in [5.41, 5.74) is 1.89. The first-order valence-corrected chi connectivity index (χ1v) is 7.76. The number of amides is 1. The van der Waals surface area contributed by atoms with Crippen LogP contribution < -0.4 is 0 Å². The van der Waals surface area contributed by atoms with Crippen molar-refractivity contribution in [2.75, 3.05) is 6.54 Å². The number of carboxylic acid groups (broad SMARTS) is 1.